The number of ether oxygens (including phenoxy) is 1. The summed E-state index contributed by atoms with van der Waals surface area (Å²) in [6.07, 6.45) is 5.78. The van der Waals surface area contributed by atoms with E-state index in [0.717, 1.165) is 16.6 Å². The molecule has 1 heterocycles. The summed E-state index contributed by atoms with van der Waals surface area (Å²) in [7, 11) is 0. The van der Waals surface area contributed by atoms with Crippen molar-refractivity contribution in [2.75, 3.05) is 5.32 Å². The van der Waals surface area contributed by atoms with Crippen LogP contribution in [0.3, 0.4) is 0 Å². The Balaban J connectivity index is 1.47. The summed E-state index contributed by atoms with van der Waals surface area (Å²) in [5, 5.41) is 3.81. The van der Waals surface area contributed by atoms with Crippen LogP contribution in [0.4, 0.5) is 5.69 Å². The first-order valence-corrected chi connectivity index (χ1v) is 10.6. The summed E-state index contributed by atoms with van der Waals surface area (Å²) in [5.74, 6) is 1.92. The predicted octanol–water partition coefficient (Wildman–Crippen LogP) is 6.85. The van der Waals surface area contributed by atoms with Crippen LogP contribution in [0.5, 0.6) is 5.75 Å². The molecule has 3 unspecified atom stereocenters. The van der Waals surface area contributed by atoms with Crippen LogP contribution in [0.15, 0.2) is 89.4 Å². The summed E-state index contributed by atoms with van der Waals surface area (Å²) >= 11 is 3.63. The largest absolute Gasteiger partial charge is 0.489 e. The number of halogens is 1. The molecule has 0 spiro atoms. The fourth-order valence-corrected chi connectivity index (χ4v) is 4.86. The quantitative estimate of drug-likeness (QED) is 0.455. The zero-order chi connectivity index (χ0) is 18.9. The van der Waals surface area contributed by atoms with E-state index in [1.807, 2.05) is 6.07 Å². The number of anilines is 1. The molecule has 0 radical (unpaired) electrons. The van der Waals surface area contributed by atoms with E-state index in [0.29, 0.717) is 18.4 Å². The highest BCUT2D eigenvalue weighted by molar-refractivity contribution is 9.10. The molecule has 0 saturated heterocycles. The van der Waals surface area contributed by atoms with Crippen LogP contribution in [0.1, 0.15) is 35.1 Å². The summed E-state index contributed by atoms with van der Waals surface area (Å²) in [5.41, 5.74) is 5.03. The van der Waals surface area contributed by atoms with Crippen LogP contribution in [-0.2, 0) is 6.61 Å². The SMILES string of the molecule is Brc1ccc2c(c1)C1C=CCC1C(c1ccccc1OCc1ccccc1)N2. The number of hydrogen-bond donors (Lipinski definition) is 1. The number of para-hydroxylation sites is 1. The summed E-state index contributed by atoms with van der Waals surface area (Å²) < 4.78 is 7.40. The molecule has 2 nitrogen and oxygen atoms in total. The smallest absolute Gasteiger partial charge is 0.125 e. The highest BCUT2D eigenvalue weighted by Crippen LogP contribution is 2.51. The van der Waals surface area contributed by atoms with Gasteiger partial charge in [-0.15, -0.1) is 0 Å². The van der Waals surface area contributed by atoms with Gasteiger partial charge in [0.15, 0.2) is 0 Å². The van der Waals surface area contributed by atoms with Gasteiger partial charge in [-0.25, -0.2) is 0 Å². The molecule has 140 valence electrons. The molecule has 5 rings (SSSR count). The molecule has 3 heteroatoms. The molecule has 0 amide bonds. The molecule has 3 atom stereocenters. The van der Waals surface area contributed by atoms with E-state index in [4.69, 9.17) is 4.74 Å². The Morgan fingerprint density at radius 3 is 2.64 bits per heavy atom. The standard InChI is InChI=1S/C25H22BrNO/c26-18-13-14-23-22(15-18)19-10-6-11-20(19)25(27-23)21-9-4-5-12-24(21)28-16-17-7-2-1-3-8-17/h1-10,12-15,19-20,25,27H,11,16H2. The average Bonchev–Trinajstić information content (AvgIpc) is 3.23. The van der Waals surface area contributed by atoms with E-state index in [9.17, 15) is 0 Å². The molecule has 1 aliphatic carbocycles. The van der Waals surface area contributed by atoms with Crippen molar-refractivity contribution in [2.45, 2.75) is 25.0 Å². The Labute approximate surface area is 174 Å². The van der Waals surface area contributed by atoms with Gasteiger partial charge in [-0.1, -0.05) is 76.6 Å². The molecule has 2 aliphatic rings. The first kappa shape index (κ1) is 17.6. The van der Waals surface area contributed by atoms with E-state index in [1.165, 1.54) is 22.4 Å². The van der Waals surface area contributed by atoms with Crippen molar-refractivity contribution < 1.29 is 4.74 Å². The maximum atomic E-state index is 6.26. The minimum Gasteiger partial charge on any atom is -0.489 e. The van der Waals surface area contributed by atoms with Crippen molar-refractivity contribution in [1.29, 1.82) is 0 Å². The minimum absolute atomic E-state index is 0.237. The fraction of sp³-hybridized carbons (Fsp3) is 0.200. The van der Waals surface area contributed by atoms with Crippen LogP contribution in [0.25, 0.3) is 0 Å². The number of allylic oxidation sites excluding steroid dienone is 2. The van der Waals surface area contributed by atoms with Crippen LogP contribution >= 0.6 is 15.9 Å². The fourth-order valence-electron chi connectivity index (χ4n) is 4.48. The van der Waals surface area contributed by atoms with E-state index < -0.39 is 0 Å². The predicted molar refractivity (Wildman–Crippen MR) is 118 cm³/mol. The zero-order valence-corrected chi connectivity index (χ0v) is 17.1. The van der Waals surface area contributed by atoms with E-state index >= 15 is 0 Å². The second kappa shape index (κ2) is 7.48. The lowest BCUT2D eigenvalue weighted by Gasteiger charge is -2.38. The van der Waals surface area contributed by atoms with Crippen LogP contribution in [0, 0.1) is 5.92 Å². The van der Waals surface area contributed by atoms with Crippen LogP contribution in [0.2, 0.25) is 0 Å². The highest BCUT2D eigenvalue weighted by Gasteiger charge is 2.38. The third-order valence-electron chi connectivity index (χ3n) is 5.82. The number of benzene rings is 3. The van der Waals surface area contributed by atoms with Crippen LogP contribution in [-0.4, -0.2) is 0 Å². The maximum Gasteiger partial charge on any atom is 0.125 e. The van der Waals surface area contributed by atoms with Gasteiger partial charge in [0.2, 0.25) is 0 Å². The topological polar surface area (TPSA) is 21.3 Å². The van der Waals surface area contributed by atoms with Crippen molar-refractivity contribution in [3.63, 3.8) is 0 Å². The molecule has 0 aromatic heterocycles. The second-order valence-corrected chi connectivity index (χ2v) is 8.43. The third kappa shape index (κ3) is 3.24. The Morgan fingerprint density at radius 2 is 1.75 bits per heavy atom. The maximum absolute atomic E-state index is 6.26. The molecule has 0 bridgehead atoms. The van der Waals surface area contributed by atoms with E-state index in [1.54, 1.807) is 0 Å². The number of rotatable bonds is 4. The van der Waals surface area contributed by atoms with E-state index in [-0.39, 0.29) is 6.04 Å². The average molecular weight is 432 g/mol. The summed E-state index contributed by atoms with van der Waals surface area (Å²) in [6, 6.07) is 25.6. The van der Waals surface area contributed by atoms with Crippen molar-refractivity contribution >= 4 is 21.6 Å². The van der Waals surface area contributed by atoms with Gasteiger partial charge in [0, 0.05) is 21.6 Å². The van der Waals surface area contributed by atoms with Crippen LogP contribution < -0.4 is 10.1 Å². The Bertz CT molecular complexity index is 1010. The van der Waals surface area contributed by atoms with Gasteiger partial charge >= 0.3 is 0 Å². The normalized spacial score (nSPS) is 22.2. The number of fused-ring (bicyclic) bond motifs is 3. The molecule has 3 aromatic carbocycles. The van der Waals surface area contributed by atoms with Gasteiger partial charge in [-0.05, 0) is 47.7 Å². The first-order chi connectivity index (χ1) is 13.8. The Morgan fingerprint density at radius 1 is 0.929 bits per heavy atom. The lowest BCUT2D eigenvalue weighted by atomic mass is 9.77. The van der Waals surface area contributed by atoms with E-state index in [2.05, 4.69) is 100 Å². The molecule has 0 fully saturated rings. The van der Waals surface area contributed by atoms with Gasteiger partial charge in [-0.2, -0.15) is 0 Å². The minimum atomic E-state index is 0.237. The Kier molecular flexibility index (Phi) is 4.69. The van der Waals surface area contributed by atoms with Crippen molar-refractivity contribution in [3.8, 4) is 5.75 Å². The molecular formula is C25H22BrNO. The second-order valence-electron chi connectivity index (χ2n) is 7.52. The monoisotopic (exact) mass is 431 g/mol. The van der Waals surface area contributed by atoms with Crippen molar-refractivity contribution in [3.05, 3.63) is 106 Å². The molecular weight excluding hydrogens is 410 g/mol. The Hall–Kier alpha value is -2.52. The first-order valence-electron chi connectivity index (χ1n) is 9.78. The lowest BCUT2D eigenvalue weighted by Crippen LogP contribution is -2.29. The third-order valence-corrected chi connectivity index (χ3v) is 6.31. The van der Waals surface area contributed by atoms with Gasteiger partial charge in [-0.3, -0.25) is 0 Å². The molecule has 0 saturated carbocycles. The summed E-state index contributed by atoms with van der Waals surface area (Å²) in [4.78, 5) is 0. The molecule has 28 heavy (non-hydrogen) atoms. The molecule has 1 aliphatic heterocycles. The van der Waals surface area contributed by atoms with Gasteiger partial charge < -0.3 is 10.1 Å². The van der Waals surface area contributed by atoms with Gasteiger partial charge in [0.05, 0.1) is 6.04 Å². The molecule has 1 N–H and O–H groups in total. The number of nitrogens with one attached hydrogen (secondary N) is 1. The lowest BCUT2D eigenvalue weighted by molar-refractivity contribution is 0.296. The van der Waals surface area contributed by atoms with Crippen molar-refractivity contribution in [1.82, 2.24) is 0 Å². The van der Waals surface area contributed by atoms with Crippen molar-refractivity contribution in [2.24, 2.45) is 5.92 Å². The summed E-state index contributed by atoms with van der Waals surface area (Å²) in [6.45, 7) is 0.584. The highest BCUT2D eigenvalue weighted by atomic mass is 79.9. The zero-order valence-electron chi connectivity index (χ0n) is 15.5. The number of hydrogen-bond acceptors (Lipinski definition) is 2. The molecule has 3 aromatic rings. The van der Waals surface area contributed by atoms with Gasteiger partial charge in [0.1, 0.15) is 12.4 Å². The van der Waals surface area contributed by atoms with Gasteiger partial charge in [0.25, 0.3) is 0 Å².